The lowest BCUT2D eigenvalue weighted by Gasteiger charge is -2.22. The molecular weight excluding hydrogens is 348 g/mol. The summed E-state index contributed by atoms with van der Waals surface area (Å²) in [7, 11) is 0. The predicted molar refractivity (Wildman–Crippen MR) is 95.4 cm³/mol. The zero-order valence-electron chi connectivity index (χ0n) is 13.1. The minimum Gasteiger partial charge on any atom is -0.335 e. The number of halogens is 1. The van der Waals surface area contributed by atoms with E-state index in [1.165, 1.54) is 18.2 Å². The molecule has 1 aromatic heterocycles. The second-order valence-electron chi connectivity index (χ2n) is 5.85. The fourth-order valence-electron chi connectivity index (χ4n) is 2.79. The highest BCUT2D eigenvalue weighted by Crippen LogP contribution is 2.22. The molecule has 24 heavy (non-hydrogen) atoms. The van der Waals surface area contributed by atoms with Crippen LogP contribution in [0.1, 0.15) is 32.1 Å². The van der Waals surface area contributed by atoms with Crippen molar-refractivity contribution in [2.45, 2.75) is 43.3 Å². The SMILES string of the molecule is O=C(CSc1nc2ccc(Cl)cc2[nH]1)NC(=O)NC1CCCCC1. The fraction of sp³-hybridized carbons (Fsp3) is 0.438. The highest BCUT2D eigenvalue weighted by Gasteiger charge is 2.17. The molecule has 0 aliphatic heterocycles. The minimum absolute atomic E-state index is 0.117. The average Bonchev–Trinajstić information content (AvgIpc) is 2.95. The summed E-state index contributed by atoms with van der Waals surface area (Å²) in [5, 5.41) is 6.47. The van der Waals surface area contributed by atoms with Gasteiger partial charge in [0.15, 0.2) is 5.16 Å². The maximum atomic E-state index is 11.9. The van der Waals surface area contributed by atoms with Crippen LogP contribution in [0.2, 0.25) is 5.02 Å². The summed E-state index contributed by atoms with van der Waals surface area (Å²) in [6.45, 7) is 0. The first-order chi connectivity index (χ1) is 11.6. The van der Waals surface area contributed by atoms with Gasteiger partial charge in [-0.1, -0.05) is 42.6 Å². The molecule has 0 spiro atoms. The topological polar surface area (TPSA) is 86.9 Å². The number of thioether (sulfide) groups is 1. The lowest BCUT2D eigenvalue weighted by Crippen LogP contribution is -2.45. The molecule has 8 heteroatoms. The highest BCUT2D eigenvalue weighted by molar-refractivity contribution is 7.99. The molecule has 3 N–H and O–H groups in total. The number of urea groups is 1. The molecule has 1 aliphatic carbocycles. The van der Waals surface area contributed by atoms with E-state index in [0.29, 0.717) is 10.2 Å². The lowest BCUT2D eigenvalue weighted by atomic mass is 9.96. The average molecular weight is 367 g/mol. The van der Waals surface area contributed by atoms with Gasteiger partial charge >= 0.3 is 6.03 Å². The van der Waals surface area contributed by atoms with E-state index in [1.54, 1.807) is 12.1 Å². The maximum Gasteiger partial charge on any atom is 0.321 e. The van der Waals surface area contributed by atoms with Crippen LogP contribution in [0.5, 0.6) is 0 Å². The van der Waals surface area contributed by atoms with Crippen LogP contribution in [-0.4, -0.2) is 33.7 Å². The molecule has 3 amide bonds. The van der Waals surface area contributed by atoms with E-state index in [9.17, 15) is 9.59 Å². The Balaban J connectivity index is 1.46. The van der Waals surface area contributed by atoms with Crippen LogP contribution in [0, 0.1) is 0 Å². The zero-order chi connectivity index (χ0) is 16.9. The van der Waals surface area contributed by atoms with Crippen molar-refractivity contribution in [3.8, 4) is 0 Å². The number of hydrogen-bond acceptors (Lipinski definition) is 4. The first-order valence-corrected chi connectivity index (χ1v) is 9.35. The summed E-state index contributed by atoms with van der Waals surface area (Å²) >= 11 is 7.18. The third kappa shape index (κ3) is 4.64. The molecule has 1 fully saturated rings. The van der Waals surface area contributed by atoms with Crippen molar-refractivity contribution in [3.63, 3.8) is 0 Å². The van der Waals surface area contributed by atoms with Crippen LogP contribution < -0.4 is 10.6 Å². The van der Waals surface area contributed by atoms with Gasteiger partial charge in [-0.3, -0.25) is 10.1 Å². The highest BCUT2D eigenvalue weighted by atomic mass is 35.5. The minimum atomic E-state index is -0.413. The molecule has 1 heterocycles. The summed E-state index contributed by atoms with van der Waals surface area (Å²) < 4.78 is 0. The number of nitrogens with one attached hydrogen (secondary N) is 3. The number of nitrogens with zero attached hydrogens (tertiary/aromatic N) is 1. The summed E-state index contributed by atoms with van der Waals surface area (Å²) in [4.78, 5) is 31.2. The molecule has 6 nitrogen and oxygen atoms in total. The molecule has 0 radical (unpaired) electrons. The van der Waals surface area contributed by atoms with E-state index >= 15 is 0 Å². The largest absolute Gasteiger partial charge is 0.335 e. The second kappa shape index (κ2) is 7.90. The molecule has 1 aliphatic rings. The Morgan fingerprint density at radius 3 is 2.88 bits per heavy atom. The van der Waals surface area contributed by atoms with Gasteiger partial charge in [0.1, 0.15) is 0 Å². The Morgan fingerprint density at radius 2 is 2.08 bits per heavy atom. The van der Waals surface area contributed by atoms with Crippen LogP contribution in [0.15, 0.2) is 23.4 Å². The summed E-state index contributed by atoms with van der Waals surface area (Å²) in [5.41, 5.74) is 1.61. The second-order valence-corrected chi connectivity index (χ2v) is 7.25. The fourth-order valence-corrected chi connectivity index (χ4v) is 3.65. The van der Waals surface area contributed by atoms with Crippen LogP contribution in [-0.2, 0) is 4.79 Å². The quantitative estimate of drug-likeness (QED) is 0.723. The van der Waals surface area contributed by atoms with Gasteiger partial charge in [-0.2, -0.15) is 0 Å². The monoisotopic (exact) mass is 366 g/mol. The Morgan fingerprint density at radius 1 is 1.29 bits per heavy atom. The smallest absolute Gasteiger partial charge is 0.321 e. The molecule has 0 unspecified atom stereocenters. The lowest BCUT2D eigenvalue weighted by molar-refractivity contribution is -0.117. The number of carbonyl (C=O) groups is 2. The summed E-state index contributed by atoms with van der Waals surface area (Å²) in [6, 6.07) is 5.13. The number of imide groups is 1. The van der Waals surface area contributed by atoms with Crippen molar-refractivity contribution in [2.24, 2.45) is 0 Å². The van der Waals surface area contributed by atoms with Crippen molar-refractivity contribution in [1.29, 1.82) is 0 Å². The number of rotatable bonds is 4. The third-order valence-electron chi connectivity index (χ3n) is 3.96. The van der Waals surface area contributed by atoms with Crippen LogP contribution in [0.3, 0.4) is 0 Å². The van der Waals surface area contributed by atoms with Crippen LogP contribution >= 0.6 is 23.4 Å². The summed E-state index contributed by atoms with van der Waals surface area (Å²) in [5.74, 6) is -0.224. The maximum absolute atomic E-state index is 11.9. The van der Waals surface area contributed by atoms with Crippen molar-refractivity contribution < 1.29 is 9.59 Å². The van der Waals surface area contributed by atoms with Gasteiger partial charge in [-0.05, 0) is 31.0 Å². The summed E-state index contributed by atoms with van der Waals surface area (Å²) in [6.07, 6.45) is 5.45. The van der Waals surface area contributed by atoms with E-state index in [-0.39, 0.29) is 17.7 Å². The first kappa shape index (κ1) is 17.1. The number of imidazole rings is 1. The predicted octanol–water partition coefficient (Wildman–Crippen LogP) is 3.47. The number of aromatic nitrogens is 2. The number of carbonyl (C=O) groups excluding carboxylic acids is 2. The van der Waals surface area contributed by atoms with Gasteiger partial charge in [0.2, 0.25) is 5.91 Å². The molecule has 1 saturated carbocycles. The van der Waals surface area contributed by atoms with Gasteiger partial charge in [0.25, 0.3) is 0 Å². The van der Waals surface area contributed by atoms with Gasteiger partial charge in [-0.25, -0.2) is 9.78 Å². The third-order valence-corrected chi connectivity index (χ3v) is 5.06. The molecule has 1 aromatic carbocycles. The Kier molecular flexibility index (Phi) is 5.63. The Hall–Kier alpha value is -1.73. The molecule has 0 bridgehead atoms. The van der Waals surface area contributed by atoms with Crippen molar-refractivity contribution in [3.05, 3.63) is 23.2 Å². The number of hydrogen-bond donors (Lipinski definition) is 3. The van der Waals surface area contributed by atoms with Crippen molar-refractivity contribution in [2.75, 3.05) is 5.75 Å². The number of amides is 3. The standard InChI is InChI=1S/C16H19ClN4O2S/c17-10-6-7-12-13(8-10)20-16(19-12)24-9-14(22)21-15(23)18-11-4-2-1-3-5-11/h6-8,11H,1-5,9H2,(H,19,20)(H2,18,21,22,23). The van der Waals surface area contributed by atoms with Gasteiger partial charge in [0.05, 0.1) is 16.8 Å². The number of aromatic amines is 1. The molecule has 3 rings (SSSR count). The van der Waals surface area contributed by atoms with Crippen LogP contribution in [0.25, 0.3) is 11.0 Å². The van der Waals surface area contributed by atoms with Crippen molar-refractivity contribution >= 4 is 46.3 Å². The molecule has 0 saturated heterocycles. The van der Waals surface area contributed by atoms with E-state index < -0.39 is 6.03 Å². The zero-order valence-corrected chi connectivity index (χ0v) is 14.7. The number of benzene rings is 1. The Bertz CT molecular complexity index is 743. The van der Waals surface area contributed by atoms with E-state index in [0.717, 1.165) is 36.7 Å². The molecule has 128 valence electrons. The number of fused-ring (bicyclic) bond motifs is 1. The van der Waals surface area contributed by atoms with Gasteiger partial charge in [0, 0.05) is 11.1 Å². The van der Waals surface area contributed by atoms with Gasteiger partial charge in [-0.15, -0.1) is 0 Å². The Labute approximate surface area is 149 Å². The molecule has 2 aromatic rings. The van der Waals surface area contributed by atoms with Crippen molar-refractivity contribution in [1.82, 2.24) is 20.6 Å². The normalized spacial score (nSPS) is 15.4. The number of H-pyrrole nitrogens is 1. The van der Waals surface area contributed by atoms with E-state index in [2.05, 4.69) is 20.6 Å². The molecular formula is C16H19ClN4O2S. The van der Waals surface area contributed by atoms with Crippen LogP contribution in [0.4, 0.5) is 4.79 Å². The first-order valence-electron chi connectivity index (χ1n) is 7.98. The van der Waals surface area contributed by atoms with E-state index in [4.69, 9.17) is 11.6 Å². The van der Waals surface area contributed by atoms with Gasteiger partial charge < -0.3 is 10.3 Å². The van der Waals surface area contributed by atoms with E-state index in [1.807, 2.05) is 6.07 Å². The molecule has 0 atom stereocenters.